The van der Waals surface area contributed by atoms with E-state index < -0.39 is 86.3 Å². The molecule has 51 heavy (non-hydrogen) atoms. The fourth-order valence-corrected chi connectivity index (χ4v) is 53.9. The van der Waals surface area contributed by atoms with Crippen molar-refractivity contribution in [2.24, 2.45) is 0 Å². The molecule has 0 aliphatic carbocycles. The van der Waals surface area contributed by atoms with Gasteiger partial charge in [-0.2, -0.15) is 0 Å². The molecule has 306 valence electrons. The number of rotatable bonds is 30. The predicted octanol–water partition coefficient (Wildman–Crippen LogP) is 13.5. The molecule has 9 rings (SSSR count). The first-order valence-electron chi connectivity index (χ1n) is 21.4. The van der Waals surface area contributed by atoms with Crippen molar-refractivity contribution in [2.45, 2.75) is 196 Å². The van der Waals surface area contributed by atoms with Gasteiger partial charge in [0.1, 0.15) is 0 Å². The van der Waals surface area contributed by atoms with E-state index in [-0.39, 0.29) is 0 Å². The quantitative estimate of drug-likeness (QED) is 0.0397. The van der Waals surface area contributed by atoms with Crippen LogP contribution in [0.15, 0.2) is 0 Å². The summed E-state index contributed by atoms with van der Waals surface area (Å²) < 4.78 is 54.3. The summed E-state index contributed by atoms with van der Waals surface area (Å²) in [4.78, 5) is 0. The predicted molar refractivity (Wildman–Crippen MR) is 222 cm³/mol. The van der Waals surface area contributed by atoms with Crippen LogP contribution in [0.3, 0.4) is 0 Å². The van der Waals surface area contributed by atoms with E-state index in [1.807, 2.05) is 0 Å². The molecule has 0 aromatic heterocycles. The molecule has 0 atom stereocenters. The Balaban J connectivity index is 0.000000172. The van der Waals surface area contributed by atoms with Crippen molar-refractivity contribution in [3.8, 4) is 0 Å². The molecule has 9 nitrogen and oxygen atoms in total. The summed E-state index contributed by atoms with van der Waals surface area (Å²) in [6.07, 6.45) is 37.4. The van der Waals surface area contributed by atoms with Crippen LogP contribution in [0.4, 0.5) is 0 Å². The number of hydrogen-bond acceptors (Lipinski definition) is 9. The first-order valence-corrected chi connectivity index (χ1v) is 37.9. The van der Waals surface area contributed by atoms with Crippen molar-refractivity contribution < 1.29 is 25.2 Å². The molecule has 9 fully saturated rings. The van der Waals surface area contributed by atoms with Gasteiger partial charge in [-0.1, -0.05) is 0 Å². The summed E-state index contributed by atoms with van der Waals surface area (Å²) in [6, 6.07) is 0. The second kappa shape index (κ2) is 22.1. The molecule has 0 spiro atoms. The molecule has 9 saturated heterocycles. The number of hydrogen-bond donors (Lipinski definition) is 0. The maximum absolute atomic E-state index is 6.03. The zero-order chi connectivity index (χ0) is 36.7. The molecule has 0 aromatic carbocycles. The van der Waals surface area contributed by atoms with E-state index in [9.17, 15) is 0 Å². The Labute approximate surface area is 340 Å². The van der Waals surface area contributed by atoms with E-state index in [1.54, 1.807) is 0 Å². The third-order valence-corrected chi connectivity index (χ3v) is 60.8. The summed E-state index contributed by atoms with van der Waals surface area (Å²) in [7, 11) is -7.17. The molecule has 9 heterocycles. The molecule has 0 saturated carbocycles. The zero-order valence-corrected chi connectivity index (χ0v) is 43.9. The Morgan fingerprint density at radius 1 is 0.235 bits per heavy atom. The fourth-order valence-electron chi connectivity index (χ4n) is 7.53. The first-order chi connectivity index (χ1) is 24.7. The van der Waals surface area contributed by atoms with Crippen molar-refractivity contribution in [3.05, 3.63) is 0 Å². The van der Waals surface area contributed by atoms with Crippen molar-refractivity contribution in [1.82, 2.24) is 0 Å². The van der Waals surface area contributed by atoms with E-state index in [0.717, 1.165) is 37.0 Å². The normalized spacial score (nSPS) is 26.6. The SMILES string of the molecule is CCCCCCP12(CCCCCC)[O][Sb]([O]1)[O]2.CCCCCCP12(CCCCCC)[O][Sb]([O]1)[O]2.CCCCCCP12(CCCCCC)[O][Sb]([O]1)[O]2. The van der Waals surface area contributed by atoms with Crippen LogP contribution in [0, 0.1) is 0 Å². The van der Waals surface area contributed by atoms with Gasteiger partial charge >= 0.3 is 344 Å². The minimum absolute atomic E-state index is 1.08. The van der Waals surface area contributed by atoms with E-state index >= 15 is 0 Å². The van der Waals surface area contributed by atoms with Gasteiger partial charge in [-0.3, -0.25) is 0 Å². The van der Waals surface area contributed by atoms with Gasteiger partial charge in [0.05, 0.1) is 0 Å². The molecular formula is C36H78O9P3Sb3. The topological polar surface area (TPSA) is 83.1 Å². The molecule has 9 aliphatic heterocycles. The third kappa shape index (κ3) is 12.7. The van der Waals surface area contributed by atoms with E-state index in [0.29, 0.717) is 0 Å². The van der Waals surface area contributed by atoms with Crippen molar-refractivity contribution >= 4 is 86.3 Å². The second-order valence-electron chi connectivity index (χ2n) is 15.8. The molecular weight excluding hydrogens is 1030 g/mol. The Morgan fingerprint density at radius 3 is 0.490 bits per heavy atom. The van der Waals surface area contributed by atoms with Crippen LogP contribution in [0.5, 0.6) is 0 Å². The van der Waals surface area contributed by atoms with Crippen molar-refractivity contribution in [2.75, 3.05) is 37.0 Å². The van der Waals surface area contributed by atoms with E-state index in [2.05, 4.69) is 41.5 Å². The van der Waals surface area contributed by atoms with Crippen LogP contribution in [0.25, 0.3) is 0 Å². The van der Waals surface area contributed by atoms with Crippen LogP contribution in [-0.2, 0) is 25.2 Å². The Kier molecular flexibility index (Phi) is 20.4. The third-order valence-electron chi connectivity index (χ3n) is 10.9. The van der Waals surface area contributed by atoms with Crippen LogP contribution < -0.4 is 0 Å². The van der Waals surface area contributed by atoms with Crippen molar-refractivity contribution in [1.29, 1.82) is 0 Å². The molecule has 0 unspecified atom stereocenters. The van der Waals surface area contributed by atoms with Gasteiger partial charge in [0.2, 0.25) is 0 Å². The average Bonchev–Trinajstić information content (AvgIpc) is 3.03. The van der Waals surface area contributed by atoms with Crippen LogP contribution >= 0.6 is 21.9 Å². The Hall–Kier alpha value is 3.38. The van der Waals surface area contributed by atoms with Gasteiger partial charge in [0, 0.05) is 0 Å². The standard InChI is InChI=1S/3C12H26O3P.3Sb/c3*1-3-5-7-9-11-16(13,14,15)12-10-8-6-4-2;;;/h3*3-12H2,1-2H3;;;/q3*-3;3*+3. The summed E-state index contributed by atoms with van der Waals surface area (Å²) >= 11 is -5.74. The minimum atomic E-state index is -2.39. The molecule has 6 bridgehead atoms. The average molecular weight is 1110 g/mol. The first kappa shape index (κ1) is 47.1. The van der Waals surface area contributed by atoms with Crippen LogP contribution in [-0.4, -0.2) is 101 Å². The molecule has 0 radical (unpaired) electrons. The zero-order valence-electron chi connectivity index (χ0n) is 33.6. The van der Waals surface area contributed by atoms with Gasteiger partial charge in [-0.25, -0.2) is 0 Å². The van der Waals surface area contributed by atoms with Gasteiger partial charge in [0.25, 0.3) is 0 Å². The summed E-state index contributed by atoms with van der Waals surface area (Å²) in [5.74, 6) is 0. The monoisotopic (exact) mass is 1110 g/mol. The summed E-state index contributed by atoms with van der Waals surface area (Å²) in [5.41, 5.74) is 0. The summed E-state index contributed by atoms with van der Waals surface area (Å²) in [6.45, 7) is 13.5. The van der Waals surface area contributed by atoms with Gasteiger partial charge in [-0.15, -0.1) is 0 Å². The molecule has 9 aliphatic rings. The fraction of sp³-hybridized carbons (Fsp3) is 1.00. The van der Waals surface area contributed by atoms with E-state index in [1.165, 1.54) is 154 Å². The molecule has 0 N–H and O–H groups in total. The summed E-state index contributed by atoms with van der Waals surface area (Å²) in [5, 5.41) is 0. The van der Waals surface area contributed by atoms with Crippen LogP contribution in [0.1, 0.15) is 196 Å². The molecule has 0 amide bonds. The molecule has 0 aromatic rings. The number of unbranched alkanes of at least 4 members (excludes halogenated alkanes) is 18. The maximum atomic E-state index is 6.03. The van der Waals surface area contributed by atoms with Gasteiger partial charge in [0.15, 0.2) is 0 Å². The second-order valence-corrected chi connectivity index (χ2v) is 43.7. The van der Waals surface area contributed by atoms with Gasteiger partial charge < -0.3 is 0 Å². The van der Waals surface area contributed by atoms with Crippen molar-refractivity contribution in [3.63, 3.8) is 0 Å². The van der Waals surface area contributed by atoms with Gasteiger partial charge in [-0.05, 0) is 0 Å². The molecule has 15 heteroatoms. The van der Waals surface area contributed by atoms with Crippen LogP contribution in [0.2, 0.25) is 0 Å². The van der Waals surface area contributed by atoms with E-state index in [4.69, 9.17) is 25.2 Å². The Bertz CT molecular complexity index is 803. The Morgan fingerprint density at radius 2 is 0.392 bits per heavy atom.